The first-order chi connectivity index (χ1) is 6.89. The predicted molar refractivity (Wildman–Crippen MR) is 61.6 cm³/mol. The normalized spacial score (nSPS) is 12.3. The van der Waals surface area contributed by atoms with Crippen molar-refractivity contribution < 1.29 is 0 Å². The Bertz CT molecular complexity index is 505. The summed E-state index contributed by atoms with van der Waals surface area (Å²) in [7, 11) is 2.01. The molecule has 4 nitrogen and oxygen atoms in total. The van der Waals surface area contributed by atoms with E-state index in [-0.39, 0.29) is 5.41 Å². The van der Waals surface area contributed by atoms with Gasteiger partial charge in [-0.2, -0.15) is 0 Å². The van der Waals surface area contributed by atoms with E-state index in [0.29, 0.717) is 5.82 Å². The molecule has 0 atom stereocenters. The van der Waals surface area contributed by atoms with Crippen LogP contribution in [-0.2, 0) is 12.5 Å². The molecule has 0 bridgehead atoms. The number of pyridine rings is 1. The van der Waals surface area contributed by atoms with Crippen molar-refractivity contribution in [2.24, 2.45) is 7.05 Å². The Balaban J connectivity index is 2.75. The Morgan fingerprint density at radius 2 is 2.00 bits per heavy atom. The molecule has 0 radical (unpaired) electrons. The minimum Gasteiger partial charge on any atom is -0.384 e. The van der Waals surface area contributed by atoms with Gasteiger partial charge in [0.05, 0.1) is 17.2 Å². The van der Waals surface area contributed by atoms with Gasteiger partial charge in [0.1, 0.15) is 11.6 Å². The molecular formula is C11H16N4. The third kappa shape index (κ3) is 1.56. The predicted octanol–water partition coefficient (Wildman–Crippen LogP) is 1.85. The van der Waals surface area contributed by atoms with E-state index in [9.17, 15) is 0 Å². The molecule has 2 rings (SSSR count). The van der Waals surface area contributed by atoms with Crippen molar-refractivity contribution in [2.75, 3.05) is 5.73 Å². The standard InChI is InChI=1S/C11H16N4/c1-11(2,3)10-14-7-5-9(12)13-6-8(7)15(10)4/h5-6H,1-4H3,(H2,12,13). The van der Waals surface area contributed by atoms with Gasteiger partial charge in [-0.3, -0.25) is 0 Å². The molecule has 15 heavy (non-hydrogen) atoms. The van der Waals surface area contributed by atoms with Gasteiger partial charge in [0.2, 0.25) is 0 Å². The van der Waals surface area contributed by atoms with Gasteiger partial charge in [-0.15, -0.1) is 0 Å². The summed E-state index contributed by atoms with van der Waals surface area (Å²) in [5, 5.41) is 0. The maximum Gasteiger partial charge on any atom is 0.125 e. The van der Waals surface area contributed by atoms with E-state index in [1.165, 1.54) is 0 Å². The highest BCUT2D eigenvalue weighted by atomic mass is 15.1. The number of fused-ring (bicyclic) bond motifs is 1. The molecule has 2 N–H and O–H groups in total. The first kappa shape index (κ1) is 9.96. The minimum atomic E-state index is 0.0303. The highest BCUT2D eigenvalue weighted by Gasteiger charge is 2.21. The van der Waals surface area contributed by atoms with E-state index < -0.39 is 0 Å². The van der Waals surface area contributed by atoms with E-state index in [1.54, 1.807) is 6.20 Å². The van der Waals surface area contributed by atoms with E-state index in [4.69, 9.17) is 5.73 Å². The lowest BCUT2D eigenvalue weighted by atomic mass is 9.96. The maximum atomic E-state index is 5.63. The fourth-order valence-corrected chi connectivity index (χ4v) is 1.78. The maximum absolute atomic E-state index is 5.63. The summed E-state index contributed by atoms with van der Waals surface area (Å²) in [4.78, 5) is 8.67. The van der Waals surface area contributed by atoms with Crippen LogP contribution in [0.5, 0.6) is 0 Å². The minimum absolute atomic E-state index is 0.0303. The van der Waals surface area contributed by atoms with Crippen molar-refractivity contribution in [1.29, 1.82) is 0 Å². The first-order valence-electron chi connectivity index (χ1n) is 4.98. The van der Waals surface area contributed by atoms with E-state index in [2.05, 4.69) is 35.3 Å². The van der Waals surface area contributed by atoms with Crippen LogP contribution in [0.2, 0.25) is 0 Å². The summed E-state index contributed by atoms with van der Waals surface area (Å²) in [5.41, 5.74) is 7.60. The van der Waals surface area contributed by atoms with Gasteiger partial charge in [-0.05, 0) is 0 Å². The third-order valence-electron chi connectivity index (χ3n) is 2.46. The third-order valence-corrected chi connectivity index (χ3v) is 2.46. The summed E-state index contributed by atoms with van der Waals surface area (Å²) in [6.07, 6.45) is 1.77. The monoisotopic (exact) mass is 204 g/mol. The average Bonchev–Trinajstić information content (AvgIpc) is 2.42. The van der Waals surface area contributed by atoms with Crippen LogP contribution >= 0.6 is 0 Å². The number of nitrogens with zero attached hydrogens (tertiary/aromatic N) is 3. The van der Waals surface area contributed by atoms with Crippen LogP contribution < -0.4 is 5.73 Å². The van der Waals surface area contributed by atoms with Crippen LogP contribution in [0.3, 0.4) is 0 Å². The number of aromatic nitrogens is 3. The fourth-order valence-electron chi connectivity index (χ4n) is 1.78. The molecule has 0 aliphatic rings. The molecule has 4 heteroatoms. The first-order valence-corrected chi connectivity index (χ1v) is 4.98. The zero-order chi connectivity index (χ0) is 11.2. The molecule has 0 aliphatic heterocycles. The van der Waals surface area contributed by atoms with E-state index >= 15 is 0 Å². The second kappa shape index (κ2) is 2.95. The van der Waals surface area contributed by atoms with Gasteiger partial charge in [-0.1, -0.05) is 20.8 Å². The molecule has 0 fully saturated rings. The van der Waals surface area contributed by atoms with Crippen LogP contribution in [0.25, 0.3) is 11.0 Å². The molecule has 0 aromatic carbocycles. The average molecular weight is 204 g/mol. The fraction of sp³-hybridized carbons (Fsp3) is 0.455. The zero-order valence-electron chi connectivity index (χ0n) is 9.57. The van der Waals surface area contributed by atoms with E-state index in [0.717, 1.165) is 16.9 Å². The lowest BCUT2D eigenvalue weighted by molar-refractivity contribution is 0.526. The largest absolute Gasteiger partial charge is 0.384 e. The second-order valence-corrected chi connectivity index (χ2v) is 4.84. The van der Waals surface area contributed by atoms with Crippen molar-refractivity contribution in [1.82, 2.24) is 14.5 Å². The Labute approximate surface area is 89.1 Å². The van der Waals surface area contributed by atoms with Crippen molar-refractivity contribution in [3.63, 3.8) is 0 Å². The molecule has 80 valence electrons. The number of hydrogen-bond donors (Lipinski definition) is 1. The summed E-state index contributed by atoms with van der Waals surface area (Å²) >= 11 is 0. The van der Waals surface area contributed by atoms with E-state index in [1.807, 2.05) is 13.1 Å². The van der Waals surface area contributed by atoms with Crippen LogP contribution in [0.1, 0.15) is 26.6 Å². The molecule has 2 aromatic heterocycles. The molecule has 2 aromatic rings. The molecule has 2 heterocycles. The molecule has 0 saturated carbocycles. The molecule has 0 aliphatic carbocycles. The molecule has 0 saturated heterocycles. The van der Waals surface area contributed by atoms with Crippen molar-refractivity contribution >= 4 is 16.9 Å². The smallest absolute Gasteiger partial charge is 0.125 e. The van der Waals surface area contributed by atoms with Gasteiger partial charge >= 0.3 is 0 Å². The number of hydrogen-bond acceptors (Lipinski definition) is 3. The summed E-state index contributed by atoms with van der Waals surface area (Å²) in [6.45, 7) is 6.43. The number of imidazole rings is 1. The van der Waals surface area contributed by atoms with Crippen LogP contribution in [-0.4, -0.2) is 14.5 Å². The Kier molecular flexibility index (Phi) is 1.96. The summed E-state index contributed by atoms with van der Waals surface area (Å²) in [5.74, 6) is 1.56. The Morgan fingerprint density at radius 1 is 1.33 bits per heavy atom. The Morgan fingerprint density at radius 3 is 2.60 bits per heavy atom. The number of anilines is 1. The van der Waals surface area contributed by atoms with Gasteiger partial charge in [0.25, 0.3) is 0 Å². The van der Waals surface area contributed by atoms with Crippen LogP contribution in [0.4, 0.5) is 5.82 Å². The van der Waals surface area contributed by atoms with Gasteiger partial charge < -0.3 is 10.3 Å². The second-order valence-electron chi connectivity index (χ2n) is 4.84. The van der Waals surface area contributed by atoms with Gasteiger partial charge in [-0.25, -0.2) is 9.97 Å². The van der Waals surface area contributed by atoms with Crippen LogP contribution in [0.15, 0.2) is 12.3 Å². The SMILES string of the molecule is Cn1c(C(C)(C)C)nc2cc(N)ncc21. The highest BCUT2D eigenvalue weighted by molar-refractivity contribution is 5.77. The van der Waals surface area contributed by atoms with Gasteiger partial charge in [0.15, 0.2) is 0 Å². The van der Waals surface area contributed by atoms with Crippen molar-refractivity contribution in [3.05, 3.63) is 18.1 Å². The topological polar surface area (TPSA) is 56.7 Å². The Hall–Kier alpha value is -1.58. The number of nitrogens with two attached hydrogens (primary N) is 1. The van der Waals surface area contributed by atoms with Crippen molar-refractivity contribution in [3.8, 4) is 0 Å². The molecular weight excluding hydrogens is 188 g/mol. The lowest BCUT2D eigenvalue weighted by Gasteiger charge is -2.17. The lowest BCUT2D eigenvalue weighted by Crippen LogP contribution is -2.17. The molecule has 0 amide bonds. The molecule has 0 spiro atoms. The van der Waals surface area contributed by atoms with Gasteiger partial charge in [0, 0.05) is 18.5 Å². The zero-order valence-corrected chi connectivity index (χ0v) is 9.57. The number of rotatable bonds is 0. The summed E-state index contributed by atoms with van der Waals surface area (Å²) in [6, 6.07) is 1.81. The number of aryl methyl sites for hydroxylation is 1. The highest BCUT2D eigenvalue weighted by Crippen LogP contribution is 2.25. The number of nitrogen functional groups attached to an aromatic ring is 1. The van der Waals surface area contributed by atoms with Crippen LogP contribution in [0, 0.1) is 0 Å². The van der Waals surface area contributed by atoms with Crippen molar-refractivity contribution in [2.45, 2.75) is 26.2 Å². The molecule has 0 unspecified atom stereocenters. The summed E-state index contributed by atoms with van der Waals surface area (Å²) < 4.78 is 2.07. The quantitative estimate of drug-likeness (QED) is 0.712.